The number of hydrogen-bond donors (Lipinski definition) is 0. The Morgan fingerprint density at radius 3 is 2.21 bits per heavy atom. The standard InChI is InChI=1S/C8H10O3.C4H9NO.C2H6/c1-6-2-3-7(11-6)8-9-4-5-10-8;1-3-5(2)4-6;1-2/h2-3,8H,4-5H2,1H3;4H,3H2,1-2H3;1-2H3. The van der Waals surface area contributed by atoms with Gasteiger partial charge in [-0.2, -0.15) is 0 Å². The van der Waals surface area contributed by atoms with E-state index in [1.165, 1.54) is 0 Å². The molecule has 1 aliphatic rings. The van der Waals surface area contributed by atoms with Crippen molar-refractivity contribution in [1.29, 1.82) is 0 Å². The van der Waals surface area contributed by atoms with Gasteiger partial charge >= 0.3 is 0 Å². The molecule has 0 atom stereocenters. The van der Waals surface area contributed by atoms with Crippen LogP contribution in [0.5, 0.6) is 0 Å². The number of carbonyl (C=O) groups is 1. The summed E-state index contributed by atoms with van der Waals surface area (Å²) in [7, 11) is 1.74. The molecule has 0 unspecified atom stereocenters. The Kier molecular flexibility index (Phi) is 9.84. The van der Waals surface area contributed by atoms with Crippen molar-refractivity contribution in [2.45, 2.75) is 34.0 Å². The quantitative estimate of drug-likeness (QED) is 0.793. The Balaban J connectivity index is 0.000000350. The molecule has 0 aliphatic carbocycles. The summed E-state index contributed by atoms with van der Waals surface area (Å²) in [6.07, 6.45) is 0.531. The lowest BCUT2D eigenvalue weighted by Gasteiger charge is -2.03. The molecule has 1 fully saturated rings. The fourth-order valence-electron chi connectivity index (χ4n) is 1.18. The lowest BCUT2D eigenvalue weighted by Crippen LogP contribution is -2.13. The Bertz CT molecular complexity index is 332. The summed E-state index contributed by atoms with van der Waals surface area (Å²) in [4.78, 5) is 11.2. The van der Waals surface area contributed by atoms with Crippen molar-refractivity contribution in [1.82, 2.24) is 4.90 Å². The predicted octanol–water partition coefficient (Wildman–Crippen LogP) is 2.75. The molecule has 0 N–H and O–H groups in total. The minimum Gasteiger partial charge on any atom is -0.461 e. The Morgan fingerprint density at radius 2 is 1.89 bits per heavy atom. The molecular formula is C14H25NO4. The molecule has 5 heteroatoms. The van der Waals surface area contributed by atoms with Gasteiger partial charge in [0.25, 0.3) is 0 Å². The van der Waals surface area contributed by atoms with Gasteiger partial charge in [0.15, 0.2) is 5.76 Å². The van der Waals surface area contributed by atoms with Crippen LogP contribution in [-0.2, 0) is 14.3 Å². The van der Waals surface area contributed by atoms with E-state index >= 15 is 0 Å². The largest absolute Gasteiger partial charge is 0.461 e. The van der Waals surface area contributed by atoms with Crippen LogP contribution in [0, 0.1) is 6.92 Å². The van der Waals surface area contributed by atoms with Crippen LogP contribution in [0.25, 0.3) is 0 Å². The van der Waals surface area contributed by atoms with Crippen molar-refractivity contribution in [2.24, 2.45) is 0 Å². The molecule has 2 rings (SSSR count). The minimum absolute atomic E-state index is 0.274. The highest BCUT2D eigenvalue weighted by Crippen LogP contribution is 2.24. The Labute approximate surface area is 115 Å². The molecule has 0 spiro atoms. The maximum atomic E-state index is 9.66. The fourth-order valence-corrected chi connectivity index (χ4v) is 1.18. The van der Waals surface area contributed by atoms with Gasteiger partial charge in [-0.3, -0.25) is 4.79 Å². The van der Waals surface area contributed by atoms with Crippen molar-refractivity contribution in [2.75, 3.05) is 26.8 Å². The highest BCUT2D eigenvalue weighted by molar-refractivity contribution is 5.45. The van der Waals surface area contributed by atoms with Crippen LogP contribution in [0.15, 0.2) is 16.5 Å². The van der Waals surface area contributed by atoms with Gasteiger partial charge in [-0.1, -0.05) is 13.8 Å². The molecule has 0 radical (unpaired) electrons. The van der Waals surface area contributed by atoms with Crippen LogP contribution in [0.1, 0.15) is 38.6 Å². The molecule has 1 aromatic rings. The van der Waals surface area contributed by atoms with Gasteiger partial charge in [0.1, 0.15) is 5.76 Å². The molecule has 1 aliphatic heterocycles. The number of ether oxygens (including phenoxy) is 2. The monoisotopic (exact) mass is 271 g/mol. The van der Waals surface area contributed by atoms with Crippen molar-refractivity contribution >= 4 is 6.41 Å². The molecule has 19 heavy (non-hydrogen) atoms. The first-order valence-electron chi connectivity index (χ1n) is 6.62. The van der Waals surface area contributed by atoms with Crippen LogP contribution in [0.3, 0.4) is 0 Å². The normalized spacial score (nSPS) is 13.9. The second-order valence-corrected chi connectivity index (χ2v) is 3.70. The van der Waals surface area contributed by atoms with E-state index in [-0.39, 0.29) is 6.29 Å². The first-order valence-corrected chi connectivity index (χ1v) is 6.62. The Morgan fingerprint density at radius 1 is 1.32 bits per heavy atom. The number of amides is 1. The van der Waals surface area contributed by atoms with Crippen molar-refractivity contribution in [3.8, 4) is 0 Å². The maximum Gasteiger partial charge on any atom is 0.217 e. The van der Waals surface area contributed by atoms with Gasteiger partial charge in [0.05, 0.1) is 13.2 Å². The van der Waals surface area contributed by atoms with Crippen LogP contribution in [0.2, 0.25) is 0 Å². The molecule has 2 heterocycles. The van der Waals surface area contributed by atoms with E-state index in [9.17, 15) is 4.79 Å². The van der Waals surface area contributed by atoms with Crippen LogP contribution >= 0.6 is 0 Å². The molecule has 0 bridgehead atoms. The smallest absolute Gasteiger partial charge is 0.217 e. The summed E-state index contributed by atoms with van der Waals surface area (Å²) < 4.78 is 15.8. The number of nitrogens with zero attached hydrogens (tertiary/aromatic N) is 1. The first-order chi connectivity index (χ1) is 9.17. The highest BCUT2D eigenvalue weighted by atomic mass is 16.7. The lowest BCUT2D eigenvalue weighted by molar-refractivity contribution is -0.116. The molecule has 1 saturated heterocycles. The van der Waals surface area contributed by atoms with E-state index < -0.39 is 0 Å². The SMILES string of the molecule is CC.CCN(C)C=O.Cc1ccc(C2OCCO2)o1. The first kappa shape index (κ1) is 17.7. The van der Waals surface area contributed by atoms with E-state index in [1.807, 2.05) is 39.8 Å². The third-order valence-corrected chi connectivity index (χ3v) is 2.29. The summed E-state index contributed by atoms with van der Waals surface area (Å²) in [5, 5.41) is 0. The number of aryl methyl sites for hydroxylation is 1. The van der Waals surface area contributed by atoms with Crippen molar-refractivity contribution in [3.05, 3.63) is 23.7 Å². The highest BCUT2D eigenvalue weighted by Gasteiger charge is 2.20. The molecule has 110 valence electrons. The van der Waals surface area contributed by atoms with E-state index in [0.717, 1.165) is 24.5 Å². The van der Waals surface area contributed by atoms with Gasteiger partial charge in [0, 0.05) is 13.6 Å². The number of furan rings is 1. The van der Waals surface area contributed by atoms with Gasteiger partial charge in [-0.05, 0) is 26.0 Å². The summed E-state index contributed by atoms with van der Waals surface area (Å²) in [5.74, 6) is 1.65. The van der Waals surface area contributed by atoms with E-state index in [1.54, 1.807) is 11.9 Å². The zero-order chi connectivity index (χ0) is 14.7. The van der Waals surface area contributed by atoms with Crippen molar-refractivity contribution in [3.63, 3.8) is 0 Å². The zero-order valence-corrected chi connectivity index (χ0v) is 12.5. The van der Waals surface area contributed by atoms with E-state index in [4.69, 9.17) is 13.9 Å². The molecular weight excluding hydrogens is 246 g/mol. The van der Waals surface area contributed by atoms with E-state index in [2.05, 4.69) is 0 Å². The second kappa shape index (κ2) is 10.6. The van der Waals surface area contributed by atoms with Crippen LogP contribution in [-0.4, -0.2) is 38.1 Å². The molecule has 1 amide bonds. The summed E-state index contributed by atoms with van der Waals surface area (Å²) in [5.41, 5.74) is 0. The fraction of sp³-hybridized carbons (Fsp3) is 0.643. The predicted molar refractivity (Wildman–Crippen MR) is 73.8 cm³/mol. The lowest BCUT2D eigenvalue weighted by atomic mass is 10.4. The van der Waals surface area contributed by atoms with E-state index in [0.29, 0.717) is 13.2 Å². The van der Waals surface area contributed by atoms with Gasteiger partial charge in [-0.25, -0.2) is 0 Å². The summed E-state index contributed by atoms with van der Waals surface area (Å²) in [6, 6.07) is 3.78. The van der Waals surface area contributed by atoms with Crippen LogP contribution in [0.4, 0.5) is 0 Å². The van der Waals surface area contributed by atoms with Crippen molar-refractivity contribution < 1.29 is 18.7 Å². The van der Waals surface area contributed by atoms with Gasteiger partial charge in [0.2, 0.25) is 12.7 Å². The third-order valence-electron chi connectivity index (χ3n) is 2.29. The molecule has 0 saturated carbocycles. The molecule has 1 aromatic heterocycles. The third kappa shape index (κ3) is 6.98. The van der Waals surface area contributed by atoms with Gasteiger partial charge < -0.3 is 18.8 Å². The summed E-state index contributed by atoms with van der Waals surface area (Å²) in [6.45, 7) is 9.94. The molecule has 5 nitrogen and oxygen atoms in total. The minimum atomic E-state index is -0.274. The number of hydrogen-bond acceptors (Lipinski definition) is 4. The Hall–Kier alpha value is -1.33. The molecule has 0 aromatic carbocycles. The topological polar surface area (TPSA) is 51.9 Å². The average Bonchev–Trinajstić information content (AvgIpc) is 3.11. The van der Waals surface area contributed by atoms with Crippen LogP contribution < -0.4 is 0 Å². The second-order valence-electron chi connectivity index (χ2n) is 3.70. The maximum absolute atomic E-state index is 9.66. The number of carbonyl (C=O) groups excluding carboxylic acids is 1. The number of rotatable bonds is 3. The average molecular weight is 271 g/mol. The zero-order valence-electron chi connectivity index (χ0n) is 12.5. The van der Waals surface area contributed by atoms with Gasteiger partial charge in [-0.15, -0.1) is 0 Å². The summed E-state index contributed by atoms with van der Waals surface area (Å²) >= 11 is 0.